The van der Waals surface area contributed by atoms with Crippen LogP contribution in [-0.2, 0) is 6.42 Å². The standard InChI is InChI=1S/C12H17F2NO/c1-8-5-4-6-9(10(8)16-3)7-12(2,15)11(13)14/h4-6,11H,7,15H2,1-3H3. The number of rotatable bonds is 4. The van der Waals surface area contributed by atoms with Crippen LogP contribution in [0.5, 0.6) is 5.75 Å². The number of halogens is 2. The first-order valence-electron chi connectivity index (χ1n) is 5.08. The van der Waals surface area contributed by atoms with Gasteiger partial charge >= 0.3 is 0 Å². The highest BCUT2D eigenvalue weighted by atomic mass is 19.3. The van der Waals surface area contributed by atoms with Gasteiger partial charge in [0.1, 0.15) is 5.75 Å². The molecular formula is C12H17F2NO. The summed E-state index contributed by atoms with van der Waals surface area (Å²) >= 11 is 0. The number of methoxy groups -OCH3 is 1. The fourth-order valence-electron chi connectivity index (χ4n) is 1.63. The molecule has 16 heavy (non-hydrogen) atoms. The Labute approximate surface area is 94.4 Å². The number of ether oxygens (including phenoxy) is 1. The molecule has 1 aromatic rings. The van der Waals surface area contributed by atoms with E-state index in [1.54, 1.807) is 6.07 Å². The van der Waals surface area contributed by atoms with E-state index in [0.717, 1.165) is 5.56 Å². The first-order chi connectivity index (χ1) is 7.38. The van der Waals surface area contributed by atoms with E-state index in [-0.39, 0.29) is 6.42 Å². The van der Waals surface area contributed by atoms with Crippen molar-refractivity contribution in [3.05, 3.63) is 29.3 Å². The fraction of sp³-hybridized carbons (Fsp3) is 0.500. The third-order valence-corrected chi connectivity index (χ3v) is 2.57. The number of benzene rings is 1. The lowest BCUT2D eigenvalue weighted by molar-refractivity contribution is 0.0636. The largest absolute Gasteiger partial charge is 0.496 e. The van der Waals surface area contributed by atoms with Gasteiger partial charge in [0.2, 0.25) is 0 Å². The van der Waals surface area contributed by atoms with Gasteiger partial charge < -0.3 is 10.5 Å². The van der Waals surface area contributed by atoms with E-state index in [4.69, 9.17) is 10.5 Å². The molecule has 2 N–H and O–H groups in total. The van der Waals surface area contributed by atoms with Crippen LogP contribution in [0.2, 0.25) is 0 Å². The molecule has 0 spiro atoms. The minimum Gasteiger partial charge on any atom is -0.496 e. The predicted molar refractivity (Wildman–Crippen MR) is 60.0 cm³/mol. The van der Waals surface area contributed by atoms with Crippen LogP contribution in [0.15, 0.2) is 18.2 Å². The average Bonchev–Trinajstić information content (AvgIpc) is 2.17. The summed E-state index contributed by atoms with van der Waals surface area (Å²) < 4.78 is 30.5. The Morgan fingerprint density at radius 1 is 1.44 bits per heavy atom. The van der Waals surface area contributed by atoms with Gasteiger partial charge in [-0.05, 0) is 31.4 Å². The molecule has 0 fully saturated rings. The molecule has 0 aromatic heterocycles. The molecule has 0 aliphatic rings. The lowest BCUT2D eigenvalue weighted by Gasteiger charge is -2.24. The summed E-state index contributed by atoms with van der Waals surface area (Å²) in [7, 11) is 1.53. The van der Waals surface area contributed by atoms with Crippen molar-refractivity contribution in [1.82, 2.24) is 0 Å². The molecule has 1 aromatic carbocycles. The summed E-state index contributed by atoms with van der Waals surface area (Å²) in [6.07, 6.45) is -2.46. The molecule has 0 bridgehead atoms. The van der Waals surface area contributed by atoms with E-state index in [9.17, 15) is 8.78 Å². The Morgan fingerprint density at radius 3 is 2.56 bits per heavy atom. The van der Waals surface area contributed by atoms with Gasteiger partial charge in [0.15, 0.2) is 0 Å². The van der Waals surface area contributed by atoms with Crippen molar-refractivity contribution < 1.29 is 13.5 Å². The van der Waals surface area contributed by atoms with E-state index in [2.05, 4.69) is 0 Å². The van der Waals surface area contributed by atoms with Crippen molar-refractivity contribution in [1.29, 1.82) is 0 Å². The molecule has 2 nitrogen and oxygen atoms in total. The molecule has 0 saturated carbocycles. The van der Waals surface area contributed by atoms with E-state index in [1.165, 1.54) is 14.0 Å². The van der Waals surface area contributed by atoms with Crippen LogP contribution >= 0.6 is 0 Å². The van der Waals surface area contributed by atoms with Crippen LogP contribution in [0.1, 0.15) is 18.1 Å². The van der Waals surface area contributed by atoms with E-state index in [1.807, 2.05) is 19.1 Å². The van der Waals surface area contributed by atoms with Gasteiger partial charge in [0.05, 0.1) is 12.6 Å². The van der Waals surface area contributed by atoms with Crippen LogP contribution in [0.25, 0.3) is 0 Å². The Kier molecular flexibility index (Phi) is 3.86. The molecule has 90 valence electrons. The zero-order valence-electron chi connectivity index (χ0n) is 9.76. The minimum atomic E-state index is -2.56. The number of para-hydroxylation sites is 1. The van der Waals surface area contributed by atoms with Gasteiger partial charge in [-0.15, -0.1) is 0 Å². The summed E-state index contributed by atoms with van der Waals surface area (Å²) in [4.78, 5) is 0. The van der Waals surface area contributed by atoms with E-state index < -0.39 is 12.0 Å². The minimum absolute atomic E-state index is 0.0928. The SMILES string of the molecule is COc1c(C)cccc1CC(C)(N)C(F)F. The monoisotopic (exact) mass is 229 g/mol. The van der Waals surface area contributed by atoms with Crippen LogP contribution in [0.3, 0.4) is 0 Å². The molecule has 0 aliphatic carbocycles. The second-order valence-corrected chi connectivity index (χ2v) is 4.25. The first kappa shape index (κ1) is 12.9. The topological polar surface area (TPSA) is 35.2 Å². The first-order valence-corrected chi connectivity index (χ1v) is 5.08. The Bertz CT molecular complexity index is 364. The molecule has 1 atom stereocenters. The van der Waals surface area contributed by atoms with Crippen molar-refractivity contribution in [2.45, 2.75) is 32.2 Å². The second kappa shape index (κ2) is 4.78. The van der Waals surface area contributed by atoms with E-state index in [0.29, 0.717) is 11.3 Å². The predicted octanol–water partition coefficient (Wildman–Crippen LogP) is 2.53. The Morgan fingerprint density at radius 2 is 2.06 bits per heavy atom. The van der Waals surface area contributed by atoms with Crippen molar-refractivity contribution in [2.24, 2.45) is 5.73 Å². The highest BCUT2D eigenvalue weighted by Gasteiger charge is 2.31. The highest BCUT2D eigenvalue weighted by Crippen LogP contribution is 2.27. The number of aryl methyl sites for hydroxylation is 1. The lowest BCUT2D eigenvalue weighted by atomic mass is 9.93. The number of hydrogen-bond acceptors (Lipinski definition) is 2. The van der Waals surface area contributed by atoms with Crippen LogP contribution in [-0.4, -0.2) is 19.1 Å². The van der Waals surface area contributed by atoms with Gasteiger partial charge in [-0.25, -0.2) is 8.78 Å². The van der Waals surface area contributed by atoms with Gasteiger partial charge in [0.25, 0.3) is 6.43 Å². The zero-order chi connectivity index (χ0) is 12.3. The van der Waals surface area contributed by atoms with Gasteiger partial charge in [0, 0.05) is 0 Å². The fourth-order valence-corrected chi connectivity index (χ4v) is 1.63. The maximum Gasteiger partial charge on any atom is 0.256 e. The summed E-state index contributed by atoms with van der Waals surface area (Å²) in [5.41, 5.74) is 5.67. The maximum atomic E-state index is 12.7. The third-order valence-electron chi connectivity index (χ3n) is 2.57. The molecule has 0 heterocycles. The summed E-state index contributed by atoms with van der Waals surface area (Å²) in [5.74, 6) is 0.639. The molecular weight excluding hydrogens is 212 g/mol. The Balaban J connectivity index is 3.02. The summed E-state index contributed by atoms with van der Waals surface area (Å²) in [5, 5.41) is 0. The number of nitrogens with two attached hydrogens (primary N) is 1. The smallest absolute Gasteiger partial charge is 0.256 e. The molecule has 0 aliphatic heterocycles. The van der Waals surface area contributed by atoms with Crippen molar-refractivity contribution in [2.75, 3.05) is 7.11 Å². The third kappa shape index (κ3) is 2.70. The van der Waals surface area contributed by atoms with Gasteiger partial charge in [-0.3, -0.25) is 0 Å². The molecule has 0 radical (unpaired) electrons. The van der Waals surface area contributed by atoms with Crippen molar-refractivity contribution in [3.8, 4) is 5.75 Å². The molecule has 0 amide bonds. The van der Waals surface area contributed by atoms with Crippen LogP contribution < -0.4 is 10.5 Å². The molecule has 1 unspecified atom stereocenters. The van der Waals surface area contributed by atoms with Gasteiger partial charge in [-0.1, -0.05) is 18.2 Å². The van der Waals surface area contributed by atoms with E-state index >= 15 is 0 Å². The molecule has 1 rings (SSSR count). The lowest BCUT2D eigenvalue weighted by Crippen LogP contribution is -2.45. The second-order valence-electron chi connectivity index (χ2n) is 4.25. The van der Waals surface area contributed by atoms with Gasteiger partial charge in [-0.2, -0.15) is 0 Å². The highest BCUT2D eigenvalue weighted by molar-refractivity contribution is 5.41. The normalized spacial score (nSPS) is 14.9. The maximum absolute atomic E-state index is 12.7. The molecule has 0 saturated heterocycles. The number of alkyl halides is 2. The number of hydrogen-bond donors (Lipinski definition) is 1. The summed E-state index contributed by atoms with van der Waals surface area (Å²) in [6, 6.07) is 5.45. The van der Waals surface area contributed by atoms with Crippen molar-refractivity contribution in [3.63, 3.8) is 0 Å². The van der Waals surface area contributed by atoms with Crippen LogP contribution in [0.4, 0.5) is 8.78 Å². The summed E-state index contributed by atoms with van der Waals surface area (Å²) in [6.45, 7) is 3.22. The average molecular weight is 229 g/mol. The zero-order valence-corrected chi connectivity index (χ0v) is 9.76. The molecule has 4 heteroatoms. The quantitative estimate of drug-likeness (QED) is 0.861. The van der Waals surface area contributed by atoms with Crippen molar-refractivity contribution >= 4 is 0 Å². The van der Waals surface area contributed by atoms with Crippen LogP contribution in [0, 0.1) is 6.92 Å². The Hall–Kier alpha value is -1.16.